The standard InChI is InChI=1S/C29H35FN4O5/c1-6-29(4)15-23(35)34(27(31)33-29)20-11-12-38-21-9-7-16(13-18(20)21)26(36)32-24-19-14-17(30)8-10-22(19)39-28(2,3)25(24)37-5/h7-10,13-14,20,24-25H,6,11-12,15H2,1-5H3,(H2,31,33)(H,32,36)/t20-,24-,25+,29+/m1/s1. The van der Waals surface area contributed by atoms with Crippen molar-refractivity contribution < 1.29 is 28.2 Å². The van der Waals surface area contributed by atoms with Crippen molar-refractivity contribution in [2.24, 2.45) is 0 Å². The van der Waals surface area contributed by atoms with E-state index in [0.717, 1.165) is 0 Å². The minimum Gasteiger partial charge on any atom is -0.493 e. The van der Waals surface area contributed by atoms with Crippen LogP contribution in [0.1, 0.15) is 80.5 Å². The lowest BCUT2D eigenvalue weighted by Crippen LogP contribution is -2.61. The van der Waals surface area contributed by atoms with E-state index in [9.17, 15) is 14.0 Å². The van der Waals surface area contributed by atoms with E-state index < -0.39 is 35.1 Å². The third-order valence-electron chi connectivity index (χ3n) is 8.05. The predicted molar refractivity (Wildman–Crippen MR) is 142 cm³/mol. The van der Waals surface area contributed by atoms with Gasteiger partial charge in [-0.3, -0.25) is 19.9 Å². The number of benzene rings is 2. The molecule has 0 radical (unpaired) electrons. The molecule has 0 bridgehead atoms. The molecule has 0 spiro atoms. The van der Waals surface area contributed by atoms with Gasteiger partial charge in [-0.1, -0.05) is 6.92 Å². The highest BCUT2D eigenvalue weighted by molar-refractivity contribution is 6.00. The first-order valence-corrected chi connectivity index (χ1v) is 13.2. The second-order valence-electron chi connectivity index (χ2n) is 11.2. The fourth-order valence-electron chi connectivity index (χ4n) is 5.82. The normalized spacial score (nSPS) is 27.4. The van der Waals surface area contributed by atoms with E-state index in [-0.39, 0.29) is 24.2 Å². The number of rotatable bonds is 5. The van der Waals surface area contributed by atoms with Crippen molar-refractivity contribution in [3.63, 3.8) is 0 Å². The van der Waals surface area contributed by atoms with E-state index >= 15 is 0 Å². The zero-order valence-electron chi connectivity index (χ0n) is 22.9. The molecule has 10 heteroatoms. The van der Waals surface area contributed by atoms with Crippen LogP contribution < -0.4 is 20.1 Å². The Morgan fingerprint density at radius 2 is 1.95 bits per heavy atom. The van der Waals surface area contributed by atoms with Crippen LogP contribution in [-0.4, -0.2) is 53.6 Å². The molecule has 0 aliphatic carbocycles. The third kappa shape index (κ3) is 4.82. The summed E-state index contributed by atoms with van der Waals surface area (Å²) < 4.78 is 31.9. The highest BCUT2D eigenvalue weighted by Crippen LogP contribution is 2.42. The summed E-state index contributed by atoms with van der Waals surface area (Å²) in [6, 6.07) is 8.19. The van der Waals surface area contributed by atoms with Crippen LogP contribution in [-0.2, 0) is 9.53 Å². The number of hydrogen-bond donors (Lipinski definition) is 3. The molecule has 3 aliphatic rings. The van der Waals surface area contributed by atoms with Crippen LogP contribution in [0.5, 0.6) is 11.5 Å². The number of amides is 2. The number of methoxy groups -OCH3 is 1. The Morgan fingerprint density at radius 3 is 2.64 bits per heavy atom. The molecule has 3 aliphatic heterocycles. The monoisotopic (exact) mass is 538 g/mol. The Kier molecular flexibility index (Phi) is 6.78. The Hall–Kier alpha value is -3.66. The molecular formula is C29H35FN4O5. The molecule has 2 aromatic rings. The van der Waals surface area contributed by atoms with Gasteiger partial charge < -0.3 is 24.8 Å². The average Bonchev–Trinajstić information content (AvgIpc) is 2.88. The highest BCUT2D eigenvalue weighted by atomic mass is 19.1. The number of hydrogen-bond acceptors (Lipinski definition) is 6. The molecule has 1 saturated heterocycles. The van der Waals surface area contributed by atoms with Crippen LogP contribution in [0.15, 0.2) is 36.4 Å². The first kappa shape index (κ1) is 26.9. The summed E-state index contributed by atoms with van der Waals surface area (Å²) in [5.74, 6) is 0.130. The lowest BCUT2D eigenvalue weighted by molar-refractivity contribution is -0.132. The van der Waals surface area contributed by atoms with Crippen molar-refractivity contribution in [3.05, 3.63) is 58.9 Å². The lowest BCUT2D eigenvalue weighted by Gasteiger charge is -2.44. The van der Waals surface area contributed by atoms with E-state index in [1.54, 1.807) is 24.3 Å². The summed E-state index contributed by atoms with van der Waals surface area (Å²) in [6.45, 7) is 8.02. The van der Waals surface area contributed by atoms with Crippen LogP contribution in [0.2, 0.25) is 0 Å². The second kappa shape index (κ2) is 9.82. The molecule has 2 amide bonds. The molecule has 3 heterocycles. The summed E-state index contributed by atoms with van der Waals surface area (Å²) in [5, 5.41) is 14.8. The topological polar surface area (TPSA) is 113 Å². The fraction of sp³-hybridized carbons (Fsp3) is 0.483. The van der Waals surface area contributed by atoms with Crippen molar-refractivity contribution in [1.29, 1.82) is 5.41 Å². The van der Waals surface area contributed by atoms with Crippen LogP contribution in [0.3, 0.4) is 0 Å². The van der Waals surface area contributed by atoms with E-state index in [4.69, 9.17) is 19.6 Å². The van der Waals surface area contributed by atoms with Crippen molar-refractivity contribution >= 4 is 17.8 Å². The third-order valence-corrected chi connectivity index (χ3v) is 8.05. The van der Waals surface area contributed by atoms with E-state index in [2.05, 4.69) is 10.6 Å². The maximum Gasteiger partial charge on any atom is 0.251 e. The minimum absolute atomic E-state index is 0.0503. The Morgan fingerprint density at radius 1 is 1.21 bits per heavy atom. The van der Waals surface area contributed by atoms with Crippen molar-refractivity contribution in [1.82, 2.24) is 15.5 Å². The van der Waals surface area contributed by atoms with Crippen molar-refractivity contribution in [2.75, 3.05) is 13.7 Å². The molecular weight excluding hydrogens is 503 g/mol. The second-order valence-corrected chi connectivity index (χ2v) is 11.2. The summed E-state index contributed by atoms with van der Waals surface area (Å²) >= 11 is 0. The Labute approximate surface area is 227 Å². The molecule has 2 aromatic carbocycles. The predicted octanol–water partition coefficient (Wildman–Crippen LogP) is 4.23. The van der Waals surface area contributed by atoms with Gasteiger partial charge in [0.05, 0.1) is 25.1 Å². The first-order chi connectivity index (χ1) is 18.5. The minimum atomic E-state index is -0.790. The Balaban J connectivity index is 1.46. The van der Waals surface area contributed by atoms with Gasteiger partial charge in [-0.05, 0) is 63.6 Å². The van der Waals surface area contributed by atoms with Gasteiger partial charge in [0.1, 0.15) is 29.0 Å². The van der Waals surface area contributed by atoms with E-state index in [1.165, 1.54) is 24.1 Å². The summed E-state index contributed by atoms with van der Waals surface area (Å²) in [6.07, 6.45) is 0.882. The van der Waals surface area contributed by atoms with E-state index in [1.807, 2.05) is 27.7 Å². The highest BCUT2D eigenvalue weighted by Gasteiger charge is 2.46. The fourth-order valence-corrected chi connectivity index (χ4v) is 5.82. The van der Waals surface area contributed by atoms with E-state index in [0.29, 0.717) is 47.6 Å². The number of halogens is 1. The van der Waals surface area contributed by atoms with Crippen LogP contribution in [0, 0.1) is 11.2 Å². The summed E-state index contributed by atoms with van der Waals surface area (Å²) in [5.41, 5.74) is 0.248. The zero-order valence-corrected chi connectivity index (χ0v) is 22.9. The SMILES string of the molecule is CC[C@@]1(C)CC(=O)N([C@@H]2CCOc3ccc(C(=O)N[C@@H]4c5cc(F)ccc5OC(C)(C)[C@H]4OC)cc32)C(=N)N1. The quantitative estimate of drug-likeness (QED) is 0.525. The van der Waals surface area contributed by atoms with Gasteiger partial charge in [-0.2, -0.15) is 0 Å². The lowest BCUT2D eigenvalue weighted by atomic mass is 9.86. The van der Waals surface area contributed by atoms with Crippen molar-refractivity contribution in [3.8, 4) is 11.5 Å². The number of fused-ring (bicyclic) bond motifs is 2. The Bertz CT molecular complexity index is 1310. The largest absolute Gasteiger partial charge is 0.493 e. The summed E-state index contributed by atoms with van der Waals surface area (Å²) in [7, 11) is 1.53. The van der Waals surface area contributed by atoms with Gasteiger partial charge >= 0.3 is 0 Å². The molecule has 1 fully saturated rings. The molecule has 39 heavy (non-hydrogen) atoms. The molecule has 4 atom stereocenters. The van der Waals surface area contributed by atoms with Gasteiger partial charge in [0.25, 0.3) is 5.91 Å². The van der Waals surface area contributed by atoms with Crippen LogP contribution in [0.4, 0.5) is 4.39 Å². The maximum atomic E-state index is 14.2. The van der Waals surface area contributed by atoms with Gasteiger partial charge in [-0.15, -0.1) is 0 Å². The number of nitrogens with zero attached hydrogens (tertiary/aromatic N) is 1. The number of nitrogens with one attached hydrogen (secondary N) is 3. The zero-order chi connectivity index (χ0) is 28.1. The molecule has 3 N–H and O–H groups in total. The number of ether oxygens (including phenoxy) is 3. The average molecular weight is 539 g/mol. The van der Waals surface area contributed by atoms with Gasteiger partial charge in [0, 0.05) is 35.8 Å². The molecule has 5 rings (SSSR count). The van der Waals surface area contributed by atoms with Gasteiger partial charge in [0.2, 0.25) is 5.91 Å². The number of carbonyl (C=O) groups excluding carboxylic acids is 2. The maximum absolute atomic E-state index is 14.2. The number of carbonyl (C=O) groups is 2. The van der Waals surface area contributed by atoms with Crippen molar-refractivity contribution in [2.45, 2.75) is 76.3 Å². The van der Waals surface area contributed by atoms with Gasteiger partial charge in [0.15, 0.2) is 5.96 Å². The molecule has 9 nitrogen and oxygen atoms in total. The first-order valence-electron chi connectivity index (χ1n) is 13.2. The molecule has 0 saturated carbocycles. The van der Waals surface area contributed by atoms with Crippen LogP contribution >= 0.6 is 0 Å². The summed E-state index contributed by atoms with van der Waals surface area (Å²) in [4.78, 5) is 28.3. The molecule has 0 unspecified atom stereocenters. The molecule has 0 aromatic heterocycles. The number of guanidine groups is 1. The van der Waals surface area contributed by atoms with Crippen LogP contribution in [0.25, 0.3) is 0 Å². The molecule has 208 valence electrons. The smallest absolute Gasteiger partial charge is 0.251 e. The van der Waals surface area contributed by atoms with Gasteiger partial charge in [-0.25, -0.2) is 4.39 Å².